The fraction of sp³-hybridized carbons (Fsp3) is 0.353. The third-order valence-electron chi connectivity index (χ3n) is 4.06. The van der Waals surface area contributed by atoms with E-state index in [1.807, 2.05) is 10.8 Å². The topological polar surface area (TPSA) is 64.2 Å². The van der Waals surface area contributed by atoms with E-state index in [4.69, 9.17) is 11.6 Å². The second-order valence-electron chi connectivity index (χ2n) is 5.94. The van der Waals surface area contributed by atoms with Gasteiger partial charge in [-0.05, 0) is 18.9 Å². The zero-order valence-electron chi connectivity index (χ0n) is 14.4. The highest BCUT2D eigenvalue weighted by Gasteiger charge is 2.33. The summed E-state index contributed by atoms with van der Waals surface area (Å²) in [5.41, 5.74) is -0.342. The minimum Gasteiger partial charge on any atom is -0.351 e. The number of rotatable bonds is 6. The first kappa shape index (κ1) is 19.2. The molecule has 0 atom stereocenters. The van der Waals surface area contributed by atoms with E-state index in [0.717, 1.165) is 16.7 Å². The number of imidazole rings is 2. The third kappa shape index (κ3) is 4.08. The molecule has 0 aliphatic heterocycles. The Morgan fingerprint density at radius 2 is 2.15 bits per heavy atom. The van der Waals surface area contributed by atoms with Gasteiger partial charge in [-0.2, -0.15) is 13.2 Å². The molecule has 6 nitrogen and oxygen atoms in total. The molecule has 144 valence electrons. The van der Waals surface area contributed by atoms with Gasteiger partial charge >= 0.3 is 6.18 Å². The van der Waals surface area contributed by atoms with E-state index in [-0.39, 0.29) is 16.4 Å². The summed E-state index contributed by atoms with van der Waals surface area (Å²) in [6.07, 6.45) is 2.45. The van der Waals surface area contributed by atoms with Gasteiger partial charge in [-0.3, -0.25) is 9.20 Å². The van der Waals surface area contributed by atoms with E-state index in [2.05, 4.69) is 15.3 Å². The van der Waals surface area contributed by atoms with Gasteiger partial charge in [0.2, 0.25) is 0 Å². The molecule has 27 heavy (non-hydrogen) atoms. The van der Waals surface area contributed by atoms with E-state index >= 15 is 0 Å². The molecule has 0 radical (unpaired) electrons. The number of carbonyl (C=O) groups is 1. The average Bonchev–Trinajstić information content (AvgIpc) is 3.25. The van der Waals surface area contributed by atoms with Crippen molar-refractivity contribution < 1.29 is 18.0 Å². The van der Waals surface area contributed by atoms with Crippen LogP contribution in [-0.4, -0.2) is 31.4 Å². The highest BCUT2D eigenvalue weighted by atomic mass is 35.5. The number of aromatic nitrogens is 4. The lowest BCUT2D eigenvalue weighted by Crippen LogP contribution is -2.27. The fourth-order valence-electron chi connectivity index (χ4n) is 2.76. The normalized spacial score (nSPS) is 11.9. The van der Waals surface area contributed by atoms with Crippen LogP contribution in [0.5, 0.6) is 0 Å². The summed E-state index contributed by atoms with van der Waals surface area (Å²) in [5.74, 6) is -0.486. The minimum absolute atomic E-state index is 0.0723. The molecule has 0 unspecified atom stereocenters. The second-order valence-corrected chi connectivity index (χ2v) is 6.35. The Kier molecular flexibility index (Phi) is 5.41. The number of alkyl halides is 3. The molecule has 1 amide bonds. The summed E-state index contributed by atoms with van der Waals surface area (Å²) in [6, 6.07) is 0.816. The summed E-state index contributed by atoms with van der Waals surface area (Å²) < 4.78 is 42.3. The number of nitrogens with zero attached hydrogens (tertiary/aromatic N) is 4. The van der Waals surface area contributed by atoms with Gasteiger partial charge in [0.1, 0.15) is 5.69 Å². The van der Waals surface area contributed by atoms with Gasteiger partial charge in [-0.25, -0.2) is 9.97 Å². The van der Waals surface area contributed by atoms with Crippen molar-refractivity contribution in [1.82, 2.24) is 24.3 Å². The predicted octanol–water partition coefficient (Wildman–Crippen LogP) is 3.59. The monoisotopic (exact) mass is 399 g/mol. The molecule has 3 aromatic heterocycles. The lowest BCUT2D eigenvalue weighted by atomic mass is 10.2. The van der Waals surface area contributed by atoms with E-state index in [9.17, 15) is 18.0 Å². The number of hydrogen-bond acceptors (Lipinski definition) is 3. The van der Waals surface area contributed by atoms with Crippen molar-refractivity contribution in [3.8, 4) is 0 Å². The summed E-state index contributed by atoms with van der Waals surface area (Å²) in [4.78, 5) is 20.8. The van der Waals surface area contributed by atoms with Crippen LogP contribution in [0.25, 0.3) is 5.65 Å². The third-order valence-corrected chi connectivity index (χ3v) is 4.34. The summed E-state index contributed by atoms with van der Waals surface area (Å²) in [6.45, 7) is 2.80. The standard InChI is InChI=1S/C17H17ClF3N5O/c1-2-13-14(16(27)23-4-3-6-25-7-5-22-10-25)26-9-11(17(19,20)21)8-12(18)15(26)24-13/h5,7-10H,2-4,6H2,1H3,(H,23,27). The molecule has 0 aromatic carbocycles. The molecular formula is C17H17ClF3N5O. The van der Waals surface area contributed by atoms with Gasteiger partial charge in [0, 0.05) is 31.7 Å². The molecule has 0 bridgehead atoms. The smallest absolute Gasteiger partial charge is 0.351 e. The number of carbonyl (C=O) groups excluding carboxylic acids is 1. The molecule has 1 N–H and O–H groups in total. The number of halogens is 4. The first-order valence-corrected chi connectivity index (χ1v) is 8.70. The molecule has 3 heterocycles. The van der Waals surface area contributed by atoms with Gasteiger partial charge in [-0.1, -0.05) is 18.5 Å². The Bertz CT molecular complexity index is 950. The zero-order valence-corrected chi connectivity index (χ0v) is 15.2. The largest absolute Gasteiger partial charge is 0.417 e. The van der Waals surface area contributed by atoms with E-state index < -0.39 is 17.6 Å². The number of pyridine rings is 1. The van der Waals surface area contributed by atoms with E-state index in [1.165, 1.54) is 0 Å². The summed E-state index contributed by atoms with van der Waals surface area (Å²) in [7, 11) is 0. The van der Waals surface area contributed by atoms with Crippen LogP contribution in [0.1, 0.15) is 35.1 Å². The molecular weight excluding hydrogens is 383 g/mol. The Labute approximate surface area is 158 Å². The van der Waals surface area contributed by atoms with Crippen LogP contribution < -0.4 is 5.32 Å². The Morgan fingerprint density at radius 3 is 2.78 bits per heavy atom. The lowest BCUT2D eigenvalue weighted by molar-refractivity contribution is -0.137. The van der Waals surface area contributed by atoms with Crippen LogP contribution in [-0.2, 0) is 19.1 Å². The maximum Gasteiger partial charge on any atom is 0.417 e. The Morgan fingerprint density at radius 1 is 1.37 bits per heavy atom. The lowest BCUT2D eigenvalue weighted by Gasteiger charge is -2.10. The highest BCUT2D eigenvalue weighted by molar-refractivity contribution is 6.33. The van der Waals surface area contributed by atoms with Crippen molar-refractivity contribution in [2.24, 2.45) is 0 Å². The van der Waals surface area contributed by atoms with Gasteiger partial charge in [0.25, 0.3) is 5.91 Å². The van der Waals surface area contributed by atoms with Gasteiger partial charge in [-0.15, -0.1) is 0 Å². The molecule has 0 saturated carbocycles. The fourth-order valence-corrected chi connectivity index (χ4v) is 3.01. The number of hydrogen-bond donors (Lipinski definition) is 1. The molecule has 3 rings (SSSR count). The number of nitrogens with one attached hydrogen (secondary N) is 1. The first-order chi connectivity index (χ1) is 12.8. The van der Waals surface area contributed by atoms with Crippen molar-refractivity contribution in [2.75, 3.05) is 6.54 Å². The van der Waals surface area contributed by atoms with Crippen molar-refractivity contribution >= 4 is 23.2 Å². The van der Waals surface area contributed by atoms with E-state index in [1.54, 1.807) is 19.4 Å². The maximum atomic E-state index is 13.1. The minimum atomic E-state index is -4.58. The molecule has 0 fully saturated rings. The van der Waals surface area contributed by atoms with Crippen LogP contribution in [0.15, 0.2) is 31.0 Å². The van der Waals surface area contributed by atoms with Crippen LogP contribution in [0.2, 0.25) is 5.02 Å². The molecule has 0 saturated heterocycles. The van der Waals surface area contributed by atoms with Crippen molar-refractivity contribution in [3.63, 3.8) is 0 Å². The Balaban J connectivity index is 1.85. The van der Waals surface area contributed by atoms with Gasteiger partial charge < -0.3 is 9.88 Å². The molecule has 0 spiro atoms. The van der Waals surface area contributed by atoms with Crippen molar-refractivity contribution in [3.05, 3.63) is 53.0 Å². The Hall–Kier alpha value is -2.55. The quantitative estimate of drug-likeness (QED) is 0.644. The van der Waals surface area contributed by atoms with Gasteiger partial charge in [0.05, 0.1) is 22.6 Å². The average molecular weight is 400 g/mol. The SMILES string of the molecule is CCc1nc2c(Cl)cc(C(F)(F)F)cn2c1C(=O)NCCCn1ccnc1. The number of fused-ring (bicyclic) bond motifs is 1. The molecule has 3 aromatic rings. The van der Waals surface area contributed by atoms with Crippen molar-refractivity contribution in [2.45, 2.75) is 32.5 Å². The molecule has 10 heteroatoms. The summed E-state index contributed by atoms with van der Waals surface area (Å²) >= 11 is 5.98. The summed E-state index contributed by atoms with van der Waals surface area (Å²) in [5, 5.41) is 2.58. The second kappa shape index (κ2) is 7.59. The van der Waals surface area contributed by atoms with Crippen LogP contribution in [0, 0.1) is 0 Å². The number of aryl methyl sites for hydroxylation is 2. The van der Waals surface area contributed by atoms with E-state index in [0.29, 0.717) is 31.6 Å². The van der Waals surface area contributed by atoms with Crippen LogP contribution >= 0.6 is 11.6 Å². The maximum absolute atomic E-state index is 13.1. The number of amides is 1. The van der Waals surface area contributed by atoms with Crippen LogP contribution in [0.3, 0.4) is 0 Å². The van der Waals surface area contributed by atoms with Crippen molar-refractivity contribution in [1.29, 1.82) is 0 Å². The highest BCUT2D eigenvalue weighted by Crippen LogP contribution is 2.33. The molecule has 0 aliphatic carbocycles. The van der Waals surface area contributed by atoms with Crippen LogP contribution in [0.4, 0.5) is 13.2 Å². The first-order valence-electron chi connectivity index (χ1n) is 8.33. The zero-order chi connectivity index (χ0) is 19.6. The van der Waals surface area contributed by atoms with Gasteiger partial charge in [0.15, 0.2) is 5.65 Å². The predicted molar refractivity (Wildman–Crippen MR) is 93.8 cm³/mol. The molecule has 0 aliphatic rings.